The fraction of sp³-hybridized carbons (Fsp3) is 0.273. The van der Waals surface area contributed by atoms with Crippen molar-refractivity contribution in [2.24, 2.45) is 0 Å². The Bertz CT molecular complexity index is 1460. The number of carbonyl (C=O) groups is 1. The molecule has 1 atom stereocenters. The molecule has 4 rings (SSSR count). The van der Waals surface area contributed by atoms with E-state index in [-0.39, 0.29) is 36.3 Å². The Labute approximate surface area is 211 Å². The lowest BCUT2D eigenvalue weighted by molar-refractivity contribution is -0.207. The Kier molecular flexibility index (Phi) is 7.52. The van der Waals surface area contributed by atoms with Crippen molar-refractivity contribution in [2.75, 3.05) is 13.7 Å². The SMILES string of the molecule is COCC(=O)c1ncccc1-n1cnc(Cn2nc(-c3ccc(Cl)cc3)n(C[C@H](O)C(F)(F)F)c2=O)n1. The number of Topliss-reactive ketones (excluding diaryl/α,β-unsaturated/α-hetero) is 1. The van der Waals surface area contributed by atoms with E-state index in [1.165, 1.54) is 48.6 Å². The summed E-state index contributed by atoms with van der Waals surface area (Å²) in [4.78, 5) is 33.5. The van der Waals surface area contributed by atoms with Crippen LogP contribution in [-0.4, -0.2) is 71.0 Å². The van der Waals surface area contributed by atoms with Crippen molar-refractivity contribution < 1.29 is 27.8 Å². The number of aliphatic hydroxyl groups excluding tert-OH is 1. The molecule has 0 amide bonds. The van der Waals surface area contributed by atoms with Crippen molar-refractivity contribution in [1.29, 1.82) is 0 Å². The molecule has 37 heavy (non-hydrogen) atoms. The number of carbonyl (C=O) groups excluding carboxylic acids is 1. The van der Waals surface area contributed by atoms with E-state index >= 15 is 0 Å². The van der Waals surface area contributed by atoms with Crippen LogP contribution >= 0.6 is 11.6 Å². The molecule has 11 nitrogen and oxygen atoms in total. The number of benzene rings is 1. The number of nitrogens with zero attached hydrogens (tertiary/aromatic N) is 7. The molecule has 0 bridgehead atoms. The first-order valence-electron chi connectivity index (χ1n) is 10.6. The van der Waals surface area contributed by atoms with E-state index in [9.17, 15) is 27.9 Å². The highest BCUT2D eigenvalue weighted by atomic mass is 35.5. The highest BCUT2D eigenvalue weighted by Crippen LogP contribution is 2.24. The van der Waals surface area contributed by atoms with Gasteiger partial charge < -0.3 is 9.84 Å². The van der Waals surface area contributed by atoms with Crippen molar-refractivity contribution in [3.8, 4) is 17.1 Å². The normalized spacial score (nSPS) is 12.6. The summed E-state index contributed by atoms with van der Waals surface area (Å²) in [7, 11) is 1.37. The zero-order valence-corrected chi connectivity index (χ0v) is 19.9. The number of hydrogen-bond acceptors (Lipinski definition) is 8. The lowest BCUT2D eigenvalue weighted by Crippen LogP contribution is -2.37. The molecule has 4 aromatic rings. The molecule has 0 aliphatic heterocycles. The standard InChI is InChI=1S/C22H19ClF3N7O4/c1-37-11-16(34)19-15(3-2-8-27-19)33-12-28-18(29-33)10-32-21(36)31(9-17(35)22(24,25)26)20(30-32)13-4-6-14(23)7-5-13/h2-8,12,17,35H,9-11H2,1H3/t17-/m0/s1. The van der Waals surface area contributed by atoms with Crippen LogP contribution < -0.4 is 5.69 Å². The monoisotopic (exact) mass is 537 g/mol. The van der Waals surface area contributed by atoms with Gasteiger partial charge in [-0.05, 0) is 36.4 Å². The quantitative estimate of drug-likeness (QED) is 0.321. The van der Waals surface area contributed by atoms with Gasteiger partial charge in [-0.2, -0.15) is 13.2 Å². The number of ether oxygens (including phenoxy) is 1. The van der Waals surface area contributed by atoms with Crippen LogP contribution in [0.4, 0.5) is 13.2 Å². The molecule has 0 saturated carbocycles. The fourth-order valence-electron chi connectivity index (χ4n) is 3.41. The molecule has 0 unspecified atom stereocenters. The highest BCUT2D eigenvalue weighted by molar-refractivity contribution is 6.30. The topological polar surface area (TPSA) is 130 Å². The van der Waals surface area contributed by atoms with Crippen molar-refractivity contribution in [2.45, 2.75) is 25.4 Å². The summed E-state index contributed by atoms with van der Waals surface area (Å²) in [5.74, 6) is -0.412. The predicted molar refractivity (Wildman–Crippen MR) is 123 cm³/mol. The van der Waals surface area contributed by atoms with Crippen LogP contribution in [0.1, 0.15) is 16.3 Å². The summed E-state index contributed by atoms with van der Waals surface area (Å²) in [6.07, 6.45) is -5.00. The third-order valence-electron chi connectivity index (χ3n) is 5.16. The third-order valence-corrected chi connectivity index (χ3v) is 5.41. The average molecular weight is 538 g/mol. The first-order chi connectivity index (χ1) is 17.6. The van der Waals surface area contributed by atoms with Crippen molar-refractivity contribution in [1.82, 2.24) is 34.1 Å². The Morgan fingerprint density at radius 3 is 2.57 bits per heavy atom. The zero-order valence-electron chi connectivity index (χ0n) is 19.1. The Morgan fingerprint density at radius 2 is 1.89 bits per heavy atom. The second kappa shape index (κ2) is 10.6. The molecule has 0 aliphatic carbocycles. The van der Waals surface area contributed by atoms with Crippen molar-refractivity contribution in [3.05, 3.63) is 75.9 Å². The maximum atomic E-state index is 13.0. The molecule has 3 heterocycles. The minimum Gasteiger partial charge on any atom is -0.382 e. The summed E-state index contributed by atoms with van der Waals surface area (Å²) in [5.41, 5.74) is -0.198. The van der Waals surface area contributed by atoms with Crippen LogP contribution in [-0.2, 0) is 17.8 Å². The molecule has 194 valence electrons. The van der Waals surface area contributed by atoms with Gasteiger partial charge in [0, 0.05) is 23.9 Å². The number of rotatable bonds is 9. The van der Waals surface area contributed by atoms with Crippen LogP contribution in [0.25, 0.3) is 17.1 Å². The first kappa shape index (κ1) is 26.2. The number of hydrogen-bond donors (Lipinski definition) is 1. The highest BCUT2D eigenvalue weighted by Gasteiger charge is 2.39. The molecule has 1 N–H and O–H groups in total. The molecule has 1 aromatic carbocycles. The maximum absolute atomic E-state index is 13.0. The van der Waals surface area contributed by atoms with E-state index in [0.717, 1.165) is 9.25 Å². The minimum absolute atomic E-state index is 0.0831. The van der Waals surface area contributed by atoms with Gasteiger partial charge in [0.1, 0.15) is 25.2 Å². The smallest absolute Gasteiger partial charge is 0.382 e. The third kappa shape index (κ3) is 5.76. The lowest BCUT2D eigenvalue weighted by atomic mass is 10.2. The van der Waals surface area contributed by atoms with Crippen molar-refractivity contribution in [3.63, 3.8) is 0 Å². The molecule has 0 saturated heterocycles. The van der Waals surface area contributed by atoms with Gasteiger partial charge in [-0.3, -0.25) is 14.3 Å². The molecular formula is C22H19ClF3N7O4. The number of ketones is 1. The van der Waals surface area contributed by atoms with Gasteiger partial charge in [0.05, 0.1) is 12.2 Å². The Balaban J connectivity index is 1.69. The van der Waals surface area contributed by atoms with Crippen molar-refractivity contribution >= 4 is 17.4 Å². The van der Waals surface area contributed by atoms with Crippen LogP contribution in [0.15, 0.2) is 53.7 Å². The van der Waals surface area contributed by atoms with Gasteiger partial charge in [0.15, 0.2) is 17.8 Å². The maximum Gasteiger partial charge on any atom is 0.416 e. The zero-order chi connectivity index (χ0) is 26.7. The molecule has 0 aliphatic rings. The molecule has 0 fully saturated rings. The largest absolute Gasteiger partial charge is 0.416 e. The van der Waals surface area contributed by atoms with Crippen LogP contribution in [0, 0.1) is 0 Å². The van der Waals surface area contributed by atoms with E-state index in [2.05, 4.69) is 20.2 Å². The first-order valence-corrected chi connectivity index (χ1v) is 11.0. The minimum atomic E-state index is -4.94. The van der Waals surface area contributed by atoms with Crippen LogP contribution in [0.3, 0.4) is 0 Å². The Morgan fingerprint density at radius 1 is 1.16 bits per heavy atom. The average Bonchev–Trinajstić information content (AvgIpc) is 3.44. The van der Waals surface area contributed by atoms with Gasteiger partial charge in [-0.1, -0.05) is 11.6 Å². The molecular weight excluding hydrogens is 519 g/mol. The lowest BCUT2D eigenvalue weighted by Gasteiger charge is -2.15. The van der Waals surface area contributed by atoms with E-state index in [4.69, 9.17) is 16.3 Å². The summed E-state index contributed by atoms with van der Waals surface area (Å²) < 4.78 is 46.9. The second-order valence-electron chi connectivity index (χ2n) is 7.77. The number of aromatic nitrogens is 7. The predicted octanol–water partition coefficient (Wildman–Crippen LogP) is 2.14. The molecule has 15 heteroatoms. The summed E-state index contributed by atoms with van der Waals surface area (Å²) >= 11 is 5.89. The van der Waals surface area contributed by atoms with Gasteiger partial charge in [-0.25, -0.2) is 19.1 Å². The summed E-state index contributed by atoms with van der Waals surface area (Å²) in [6.45, 7) is -1.57. The molecule has 0 spiro atoms. The number of alkyl halides is 3. The van der Waals surface area contributed by atoms with E-state index in [1.54, 1.807) is 12.1 Å². The summed E-state index contributed by atoms with van der Waals surface area (Å²) in [6, 6.07) is 9.13. The fourth-order valence-corrected chi connectivity index (χ4v) is 3.54. The van der Waals surface area contributed by atoms with E-state index < -0.39 is 24.5 Å². The van der Waals surface area contributed by atoms with Crippen LogP contribution in [0.2, 0.25) is 5.02 Å². The number of halogens is 4. The number of methoxy groups -OCH3 is 1. The van der Waals surface area contributed by atoms with Gasteiger partial charge in [0.2, 0.25) is 5.78 Å². The van der Waals surface area contributed by atoms with Crippen LogP contribution in [0.5, 0.6) is 0 Å². The van der Waals surface area contributed by atoms with Gasteiger partial charge in [0.25, 0.3) is 0 Å². The van der Waals surface area contributed by atoms with E-state index in [1.807, 2.05) is 0 Å². The molecule has 3 aromatic heterocycles. The number of pyridine rings is 1. The Hall–Kier alpha value is -3.88. The second-order valence-corrected chi connectivity index (χ2v) is 8.21. The molecule has 0 radical (unpaired) electrons. The van der Waals surface area contributed by atoms with Gasteiger partial charge >= 0.3 is 11.9 Å². The van der Waals surface area contributed by atoms with E-state index in [0.29, 0.717) is 16.3 Å². The summed E-state index contributed by atoms with van der Waals surface area (Å²) in [5, 5.41) is 18.4. The van der Waals surface area contributed by atoms with Gasteiger partial charge in [-0.15, -0.1) is 10.2 Å². The number of aliphatic hydroxyl groups is 1.